The summed E-state index contributed by atoms with van der Waals surface area (Å²) >= 11 is 6.15. The van der Waals surface area contributed by atoms with Gasteiger partial charge in [-0.15, -0.1) is 0 Å². The van der Waals surface area contributed by atoms with Crippen molar-refractivity contribution < 1.29 is 13.9 Å². The van der Waals surface area contributed by atoms with Crippen molar-refractivity contribution in [2.45, 2.75) is 6.54 Å². The molecule has 2 aromatic rings. The highest BCUT2D eigenvalue weighted by molar-refractivity contribution is 6.33. The number of benzene rings is 1. The quantitative estimate of drug-likeness (QED) is 0.906. The van der Waals surface area contributed by atoms with Crippen LogP contribution in [0.2, 0.25) is 5.02 Å². The molecule has 0 atom stereocenters. The van der Waals surface area contributed by atoms with Crippen molar-refractivity contribution in [1.82, 2.24) is 0 Å². The Labute approximate surface area is 114 Å². The van der Waals surface area contributed by atoms with Crippen molar-refractivity contribution in [3.8, 4) is 5.75 Å². The van der Waals surface area contributed by atoms with Crippen molar-refractivity contribution in [3.63, 3.8) is 0 Å². The average molecular weight is 279 g/mol. The molecular formula is C13H11ClN2O3. The zero-order valence-electron chi connectivity index (χ0n) is 9.90. The van der Waals surface area contributed by atoms with Gasteiger partial charge in [0.05, 0.1) is 29.2 Å². The molecule has 3 rings (SSSR count). The Bertz CT molecular complexity index is 611. The van der Waals surface area contributed by atoms with Crippen molar-refractivity contribution in [3.05, 3.63) is 41.3 Å². The van der Waals surface area contributed by atoms with E-state index in [1.165, 1.54) is 0 Å². The monoisotopic (exact) mass is 278 g/mol. The number of nitrogens with one attached hydrogen (secondary N) is 2. The Balaban J connectivity index is 1.80. The lowest BCUT2D eigenvalue weighted by molar-refractivity contribution is -0.118. The highest BCUT2D eigenvalue weighted by Crippen LogP contribution is 2.36. The van der Waals surface area contributed by atoms with E-state index in [2.05, 4.69) is 10.6 Å². The third-order valence-electron chi connectivity index (χ3n) is 2.74. The summed E-state index contributed by atoms with van der Waals surface area (Å²) < 4.78 is 10.6. The van der Waals surface area contributed by atoms with Crippen molar-refractivity contribution in [2.24, 2.45) is 0 Å². The Kier molecular flexibility index (Phi) is 3.05. The molecule has 2 heterocycles. The van der Waals surface area contributed by atoms with Crippen LogP contribution in [-0.2, 0) is 11.3 Å². The van der Waals surface area contributed by atoms with Gasteiger partial charge in [0.2, 0.25) is 0 Å². The highest BCUT2D eigenvalue weighted by Gasteiger charge is 2.18. The second kappa shape index (κ2) is 4.85. The first-order valence-electron chi connectivity index (χ1n) is 5.75. The molecule has 0 fully saturated rings. The predicted octanol–water partition coefficient (Wildman–Crippen LogP) is 2.88. The smallest absolute Gasteiger partial charge is 0.262 e. The minimum absolute atomic E-state index is 0.0201. The molecule has 1 amide bonds. The summed E-state index contributed by atoms with van der Waals surface area (Å²) in [6, 6.07) is 7.12. The zero-order chi connectivity index (χ0) is 13.2. The summed E-state index contributed by atoms with van der Waals surface area (Å²) in [7, 11) is 0. The van der Waals surface area contributed by atoms with Gasteiger partial charge in [-0.25, -0.2) is 0 Å². The summed E-state index contributed by atoms with van der Waals surface area (Å²) in [4.78, 5) is 11.2. The van der Waals surface area contributed by atoms with E-state index >= 15 is 0 Å². The molecule has 0 spiro atoms. The summed E-state index contributed by atoms with van der Waals surface area (Å²) in [5, 5.41) is 6.37. The maximum atomic E-state index is 11.2. The maximum absolute atomic E-state index is 11.2. The first-order valence-corrected chi connectivity index (χ1v) is 6.12. The fraction of sp³-hybridized carbons (Fsp3) is 0.154. The lowest BCUT2D eigenvalue weighted by Crippen LogP contribution is -2.25. The molecule has 1 aliphatic heterocycles. The minimum Gasteiger partial charge on any atom is -0.482 e. The summed E-state index contributed by atoms with van der Waals surface area (Å²) in [6.07, 6.45) is 1.62. The van der Waals surface area contributed by atoms with Crippen LogP contribution in [-0.4, -0.2) is 12.5 Å². The fourth-order valence-electron chi connectivity index (χ4n) is 1.83. The third kappa shape index (κ3) is 2.51. The Morgan fingerprint density at radius 1 is 1.42 bits per heavy atom. The van der Waals surface area contributed by atoms with Gasteiger partial charge in [0.15, 0.2) is 6.61 Å². The van der Waals surface area contributed by atoms with Crippen LogP contribution in [0.15, 0.2) is 34.9 Å². The third-order valence-corrected chi connectivity index (χ3v) is 3.05. The molecule has 0 aliphatic carbocycles. The zero-order valence-corrected chi connectivity index (χ0v) is 10.7. The Morgan fingerprint density at radius 3 is 3.11 bits per heavy atom. The fourth-order valence-corrected chi connectivity index (χ4v) is 2.06. The van der Waals surface area contributed by atoms with Crippen molar-refractivity contribution in [2.75, 3.05) is 17.2 Å². The second-order valence-corrected chi connectivity index (χ2v) is 4.51. The normalized spacial score (nSPS) is 13.4. The number of furan rings is 1. The van der Waals surface area contributed by atoms with Gasteiger partial charge in [-0.1, -0.05) is 11.6 Å². The molecule has 98 valence electrons. The van der Waals surface area contributed by atoms with Gasteiger partial charge in [0, 0.05) is 6.07 Å². The van der Waals surface area contributed by atoms with Crippen LogP contribution in [0.4, 0.5) is 11.4 Å². The largest absolute Gasteiger partial charge is 0.482 e. The molecule has 0 bridgehead atoms. The molecular weight excluding hydrogens is 268 g/mol. The molecule has 0 saturated heterocycles. The van der Waals surface area contributed by atoms with Gasteiger partial charge < -0.3 is 19.8 Å². The van der Waals surface area contributed by atoms with Gasteiger partial charge in [0.1, 0.15) is 11.5 Å². The van der Waals surface area contributed by atoms with Gasteiger partial charge in [-0.2, -0.15) is 0 Å². The standard InChI is InChI=1S/C13H11ClN2O3/c14-9-4-11-12(19-7-13(17)16-11)5-10(9)15-6-8-2-1-3-18-8/h1-5,15H,6-7H2,(H,16,17). The van der Waals surface area contributed by atoms with E-state index in [4.69, 9.17) is 20.8 Å². The number of anilines is 2. The first-order chi connectivity index (χ1) is 9.22. The molecule has 0 saturated carbocycles. The first kappa shape index (κ1) is 11.9. The highest BCUT2D eigenvalue weighted by atomic mass is 35.5. The number of ether oxygens (including phenoxy) is 1. The average Bonchev–Trinajstić information content (AvgIpc) is 2.89. The molecule has 0 radical (unpaired) electrons. The van der Waals surface area contributed by atoms with Crippen LogP contribution < -0.4 is 15.4 Å². The lowest BCUT2D eigenvalue weighted by Gasteiger charge is -2.19. The molecule has 6 heteroatoms. The second-order valence-electron chi connectivity index (χ2n) is 4.10. The number of fused-ring (bicyclic) bond motifs is 1. The predicted molar refractivity (Wildman–Crippen MR) is 71.6 cm³/mol. The number of rotatable bonds is 3. The number of amides is 1. The van der Waals surface area contributed by atoms with E-state index in [0.29, 0.717) is 23.0 Å². The Hall–Kier alpha value is -2.14. The number of carbonyl (C=O) groups is 1. The lowest BCUT2D eigenvalue weighted by atomic mass is 10.2. The van der Waals surface area contributed by atoms with Gasteiger partial charge >= 0.3 is 0 Å². The minimum atomic E-state index is -0.181. The van der Waals surface area contributed by atoms with E-state index in [9.17, 15) is 4.79 Å². The molecule has 5 nitrogen and oxygen atoms in total. The molecule has 2 N–H and O–H groups in total. The summed E-state index contributed by atoms with van der Waals surface area (Å²) in [5.41, 5.74) is 1.32. The maximum Gasteiger partial charge on any atom is 0.262 e. The molecule has 19 heavy (non-hydrogen) atoms. The summed E-state index contributed by atoms with van der Waals surface area (Å²) in [6.45, 7) is 0.546. The van der Waals surface area contributed by atoms with E-state index in [1.54, 1.807) is 18.4 Å². The van der Waals surface area contributed by atoms with E-state index < -0.39 is 0 Å². The van der Waals surface area contributed by atoms with Crippen LogP contribution in [0.1, 0.15) is 5.76 Å². The van der Waals surface area contributed by atoms with Crippen LogP contribution in [0.5, 0.6) is 5.75 Å². The summed E-state index contributed by atoms with van der Waals surface area (Å²) in [5.74, 6) is 1.23. The molecule has 1 aromatic heterocycles. The van der Waals surface area contributed by atoms with Crippen molar-refractivity contribution >= 4 is 28.9 Å². The van der Waals surface area contributed by atoms with E-state index in [-0.39, 0.29) is 12.5 Å². The van der Waals surface area contributed by atoms with Crippen LogP contribution in [0, 0.1) is 0 Å². The van der Waals surface area contributed by atoms with Crippen LogP contribution in [0.25, 0.3) is 0 Å². The molecule has 1 aromatic carbocycles. The van der Waals surface area contributed by atoms with Crippen LogP contribution in [0.3, 0.4) is 0 Å². The number of halogens is 1. The molecule has 1 aliphatic rings. The van der Waals surface area contributed by atoms with Crippen LogP contribution >= 0.6 is 11.6 Å². The number of hydrogen-bond donors (Lipinski definition) is 2. The van der Waals surface area contributed by atoms with Gasteiger partial charge in [0.25, 0.3) is 5.91 Å². The molecule has 0 unspecified atom stereocenters. The Morgan fingerprint density at radius 2 is 2.32 bits per heavy atom. The number of hydrogen-bond acceptors (Lipinski definition) is 4. The van der Waals surface area contributed by atoms with Gasteiger partial charge in [-0.3, -0.25) is 4.79 Å². The van der Waals surface area contributed by atoms with Crippen molar-refractivity contribution in [1.29, 1.82) is 0 Å². The topological polar surface area (TPSA) is 63.5 Å². The number of carbonyl (C=O) groups excluding carboxylic acids is 1. The van der Waals surface area contributed by atoms with Gasteiger partial charge in [-0.05, 0) is 18.2 Å². The SMILES string of the molecule is O=C1COc2cc(NCc3ccco3)c(Cl)cc2N1. The van der Waals surface area contributed by atoms with E-state index in [1.807, 2.05) is 12.1 Å². The van der Waals surface area contributed by atoms with E-state index in [0.717, 1.165) is 11.4 Å².